The van der Waals surface area contributed by atoms with Gasteiger partial charge in [0.15, 0.2) is 0 Å². The van der Waals surface area contributed by atoms with E-state index in [0.717, 1.165) is 6.54 Å². The van der Waals surface area contributed by atoms with Crippen LogP contribution in [0.4, 0.5) is 0 Å². The van der Waals surface area contributed by atoms with E-state index in [0.29, 0.717) is 12.3 Å². The van der Waals surface area contributed by atoms with E-state index in [4.69, 9.17) is 0 Å². The van der Waals surface area contributed by atoms with Gasteiger partial charge in [0, 0.05) is 31.3 Å². The Morgan fingerprint density at radius 1 is 1.62 bits per heavy atom. The largest absolute Gasteiger partial charge is 0.355 e. The first-order valence-corrected chi connectivity index (χ1v) is 4.44. The highest BCUT2D eigenvalue weighted by atomic mass is 16.1. The molecule has 1 saturated heterocycles. The van der Waals surface area contributed by atoms with E-state index in [2.05, 4.69) is 17.2 Å². The van der Waals surface area contributed by atoms with Gasteiger partial charge in [-0.2, -0.15) is 0 Å². The first-order valence-electron chi connectivity index (χ1n) is 4.44. The lowest BCUT2D eigenvalue weighted by molar-refractivity contribution is -0.119. The van der Waals surface area contributed by atoms with Crippen molar-refractivity contribution in [3.63, 3.8) is 0 Å². The van der Waals surface area contributed by atoms with Gasteiger partial charge in [-0.3, -0.25) is 9.78 Å². The number of aryl methyl sites for hydroxylation is 1. The van der Waals surface area contributed by atoms with Gasteiger partial charge in [0.1, 0.15) is 0 Å². The van der Waals surface area contributed by atoms with Crippen LogP contribution < -0.4 is 5.32 Å². The number of carbonyl (C=O) groups excluding carboxylic acids is 1. The molecule has 3 heteroatoms. The molecule has 0 aromatic carbocycles. The Labute approximate surface area is 77.2 Å². The molecule has 2 rings (SSSR count). The maximum Gasteiger partial charge on any atom is 0.220 e. The molecule has 0 aliphatic carbocycles. The summed E-state index contributed by atoms with van der Waals surface area (Å²) in [6.45, 7) is 2.81. The average Bonchev–Trinajstić information content (AvgIpc) is 2.53. The summed E-state index contributed by atoms with van der Waals surface area (Å²) in [6.07, 6.45) is 4.25. The molecule has 0 spiro atoms. The Hall–Kier alpha value is -1.38. The van der Waals surface area contributed by atoms with Crippen molar-refractivity contribution >= 4 is 5.91 Å². The van der Waals surface area contributed by atoms with Gasteiger partial charge >= 0.3 is 0 Å². The molecule has 1 N–H and O–H groups in total. The van der Waals surface area contributed by atoms with Crippen molar-refractivity contribution in [3.8, 4) is 0 Å². The zero-order valence-electron chi connectivity index (χ0n) is 7.58. The molecule has 3 nitrogen and oxygen atoms in total. The molecule has 1 aromatic heterocycles. The highest BCUT2D eigenvalue weighted by Crippen LogP contribution is 2.24. The Bertz CT molecular complexity index is 335. The first kappa shape index (κ1) is 8.23. The number of hydrogen-bond donors (Lipinski definition) is 1. The standard InChI is InChI=1S/C10H12N2O/c1-7-2-3-11-6-9(7)8-4-10(13)12-5-8/h2-3,6,8H,4-5H2,1H3,(H,12,13). The fraction of sp³-hybridized carbons (Fsp3) is 0.400. The van der Waals surface area contributed by atoms with Crippen LogP contribution in [0, 0.1) is 6.92 Å². The molecule has 1 aromatic rings. The Kier molecular flexibility index (Phi) is 2.00. The first-order chi connectivity index (χ1) is 6.27. The number of aromatic nitrogens is 1. The van der Waals surface area contributed by atoms with E-state index in [1.807, 2.05) is 12.3 Å². The molecular formula is C10H12N2O. The lowest BCUT2D eigenvalue weighted by Crippen LogP contribution is -2.13. The lowest BCUT2D eigenvalue weighted by Gasteiger charge is -2.09. The molecule has 0 radical (unpaired) electrons. The molecule has 0 bridgehead atoms. The third kappa shape index (κ3) is 1.54. The number of amides is 1. The summed E-state index contributed by atoms with van der Waals surface area (Å²) in [6, 6.07) is 1.98. The second-order valence-corrected chi connectivity index (χ2v) is 3.44. The molecule has 1 aliphatic heterocycles. The van der Waals surface area contributed by atoms with Crippen molar-refractivity contribution in [2.24, 2.45) is 0 Å². The Balaban J connectivity index is 2.26. The maximum atomic E-state index is 11.0. The number of pyridine rings is 1. The van der Waals surface area contributed by atoms with Crippen LogP contribution in [0.2, 0.25) is 0 Å². The predicted molar refractivity (Wildman–Crippen MR) is 49.3 cm³/mol. The van der Waals surface area contributed by atoms with Crippen molar-refractivity contribution in [2.45, 2.75) is 19.3 Å². The van der Waals surface area contributed by atoms with Crippen molar-refractivity contribution in [3.05, 3.63) is 29.6 Å². The van der Waals surface area contributed by atoms with Gasteiger partial charge < -0.3 is 5.32 Å². The zero-order chi connectivity index (χ0) is 9.26. The average molecular weight is 176 g/mol. The van der Waals surface area contributed by atoms with E-state index in [1.165, 1.54) is 11.1 Å². The number of nitrogens with zero attached hydrogens (tertiary/aromatic N) is 1. The van der Waals surface area contributed by atoms with Gasteiger partial charge in [-0.05, 0) is 24.1 Å². The van der Waals surface area contributed by atoms with Crippen molar-refractivity contribution in [1.29, 1.82) is 0 Å². The minimum atomic E-state index is 0.147. The number of nitrogens with one attached hydrogen (secondary N) is 1. The third-order valence-electron chi connectivity index (χ3n) is 2.50. The molecule has 1 atom stereocenters. The van der Waals surface area contributed by atoms with Gasteiger partial charge in [-0.25, -0.2) is 0 Å². The molecule has 1 aliphatic rings. The second-order valence-electron chi connectivity index (χ2n) is 3.44. The van der Waals surface area contributed by atoms with Crippen molar-refractivity contribution in [1.82, 2.24) is 10.3 Å². The van der Waals surface area contributed by atoms with Gasteiger partial charge in [0.05, 0.1) is 0 Å². The smallest absolute Gasteiger partial charge is 0.220 e. The summed E-state index contributed by atoms with van der Waals surface area (Å²) in [7, 11) is 0. The van der Waals surface area contributed by atoms with Crippen LogP contribution in [0.3, 0.4) is 0 Å². The van der Waals surface area contributed by atoms with Gasteiger partial charge in [0.25, 0.3) is 0 Å². The monoisotopic (exact) mass is 176 g/mol. The van der Waals surface area contributed by atoms with Crippen LogP contribution in [0.5, 0.6) is 0 Å². The summed E-state index contributed by atoms with van der Waals surface area (Å²) in [5, 5.41) is 2.83. The van der Waals surface area contributed by atoms with Crippen molar-refractivity contribution < 1.29 is 4.79 Å². The lowest BCUT2D eigenvalue weighted by atomic mass is 9.96. The van der Waals surface area contributed by atoms with Gasteiger partial charge in [-0.15, -0.1) is 0 Å². The van der Waals surface area contributed by atoms with Crippen LogP contribution in [0.1, 0.15) is 23.5 Å². The third-order valence-corrected chi connectivity index (χ3v) is 2.50. The maximum absolute atomic E-state index is 11.0. The number of carbonyl (C=O) groups is 1. The fourth-order valence-corrected chi connectivity index (χ4v) is 1.73. The molecular weight excluding hydrogens is 164 g/mol. The molecule has 1 amide bonds. The summed E-state index contributed by atoms with van der Waals surface area (Å²) in [5.41, 5.74) is 2.41. The van der Waals surface area contributed by atoms with Crippen LogP contribution in [-0.4, -0.2) is 17.4 Å². The molecule has 1 fully saturated rings. The van der Waals surface area contributed by atoms with E-state index >= 15 is 0 Å². The summed E-state index contributed by atoms with van der Waals surface area (Å²) in [5.74, 6) is 0.467. The van der Waals surface area contributed by atoms with Gasteiger partial charge in [0.2, 0.25) is 5.91 Å². The van der Waals surface area contributed by atoms with Crippen LogP contribution >= 0.6 is 0 Å². The summed E-state index contributed by atoms with van der Waals surface area (Å²) >= 11 is 0. The molecule has 2 heterocycles. The van der Waals surface area contributed by atoms with Crippen molar-refractivity contribution in [2.75, 3.05) is 6.54 Å². The second kappa shape index (κ2) is 3.17. The highest BCUT2D eigenvalue weighted by Gasteiger charge is 2.23. The Morgan fingerprint density at radius 2 is 2.46 bits per heavy atom. The fourth-order valence-electron chi connectivity index (χ4n) is 1.73. The SMILES string of the molecule is Cc1ccncc1C1CNC(=O)C1. The van der Waals surface area contributed by atoms with Gasteiger partial charge in [-0.1, -0.05) is 0 Å². The van der Waals surface area contributed by atoms with Crippen LogP contribution in [0.15, 0.2) is 18.5 Å². The minimum Gasteiger partial charge on any atom is -0.355 e. The summed E-state index contributed by atoms with van der Waals surface area (Å²) < 4.78 is 0. The Morgan fingerprint density at radius 3 is 3.08 bits per heavy atom. The van der Waals surface area contributed by atoms with E-state index in [1.54, 1.807) is 6.20 Å². The van der Waals surface area contributed by atoms with E-state index < -0.39 is 0 Å². The summed E-state index contributed by atoms with van der Waals surface area (Å²) in [4.78, 5) is 15.1. The van der Waals surface area contributed by atoms with Crippen LogP contribution in [0.25, 0.3) is 0 Å². The zero-order valence-corrected chi connectivity index (χ0v) is 7.58. The van der Waals surface area contributed by atoms with E-state index in [9.17, 15) is 4.79 Å². The van der Waals surface area contributed by atoms with E-state index in [-0.39, 0.29) is 5.91 Å². The normalized spacial score (nSPS) is 21.6. The highest BCUT2D eigenvalue weighted by molar-refractivity contribution is 5.79. The molecule has 1 unspecified atom stereocenters. The topological polar surface area (TPSA) is 42.0 Å². The van der Waals surface area contributed by atoms with Crippen LogP contribution in [-0.2, 0) is 4.79 Å². The molecule has 13 heavy (non-hydrogen) atoms. The number of rotatable bonds is 1. The minimum absolute atomic E-state index is 0.147. The number of hydrogen-bond acceptors (Lipinski definition) is 2. The molecule has 68 valence electrons. The molecule has 0 saturated carbocycles. The quantitative estimate of drug-likeness (QED) is 0.693. The predicted octanol–water partition coefficient (Wildman–Crippen LogP) is 0.994.